The van der Waals surface area contributed by atoms with Crippen LogP contribution in [0, 0.1) is 6.92 Å². The Balaban J connectivity index is 1.87. The van der Waals surface area contributed by atoms with Gasteiger partial charge in [0, 0.05) is 11.8 Å². The molecule has 0 spiro atoms. The first-order chi connectivity index (χ1) is 15.8. The number of rotatable bonds is 4. The molecule has 0 amide bonds. The molecule has 1 aromatic carbocycles. The van der Waals surface area contributed by atoms with Crippen molar-refractivity contribution in [2.75, 3.05) is 7.11 Å². The zero-order valence-electron chi connectivity index (χ0n) is 18.9. The summed E-state index contributed by atoms with van der Waals surface area (Å²) in [6.07, 6.45) is -2.45. The summed E-state index contributed by atoms with van der Waals surface area (Å²) in [6, 6.07) is 5.41. The van der Waals surface area contributed by atoms with E-state index in [9.17, 15) is 22.8 Å². The molecular formula is C22H21F3N4O5. The molecule has 12 heteroatoms. The number of aryl methyl sites for hydroxylation is 1. The van der Waals surface area contributed by atoms with Crippen molar-refractivity contribution in [1.29, 1.82) is 0 Å². The Morgan fingerprint density at radius 2 is 1.74 bits per heavy atom. The van der Waals surface area contributed by atoms with Gasteiger partial charge in [-0.25, -0.2) is 9.59 Å². The monoisotopic (exact) mass is 478 g/mol. The van der Waals surface area contributed by atoms with Gasteiger partial charge in [0.25, 0.3) is 5.88 Å². The third-order valence-corrected chi connectivity index (χ3v) is 4.33. The predicted octanol–water partition coefficient (Wildman–Crippen LogP) is 5.03. The lowest BCUT2D eigenvalue weighted by molar-refractivity contribution is -0.141. The quantitative estimate of drug-likeness (QED) is 0.481. The summed E-state index contributed by atoms with van der Waals surface area (Å²) in [5.74, 6) is -1.27. The Morgan fingerprint density at radius 1 is 1.03 bits per heavy atom. The number of hydrogen-bond acceptors (Lipinski definition) is 8. The average molecular weight is 478 g/mol. The number of aromatic nitrogens is 4. The molecule has 0 atom stereocenters. The first-order valence-electron chi connectivity index (χ1n) is 9.88. The summed E-state index contributed by atoms with van der Waals surface area (Å²) in [6.45, 7) is 6.91. The van der Waals surface area contributed by atoms with E-state index in [0.717, 1.165) is 11.8 Å². The minimum Gasteiger partial charge on any atom is -0.465 e. The molecule has 0 saturated carbocycles. The molecule has 0 aliphatic carbocycles. The highest BCUT2D eigenvalue weighted by Gasteiger charge is 2.35. The molecule has 34 heavy (non-hydrogen) atoms. The maximum atomic E-state index is 13.0. The Morgan fingerprint density at radius 3 is 2.32 bits per heavy atom. The molecule has 0 saturated heterocycles. The van der Waals surface area contributed by atoms with Crippen LogP contribution in [-0.4, -0.2) is 44.8 Å². The normalized spacial score (nSPS) is 11.8. The smallest absolute Gasteiger partial charge is 0.435 e. The second-order valence-electron chi connectivity index (χ2n) is 8.17. The fraction of sp³-hybridized carbons (Fsp3) is 0.318. The van der Waals surface area contributed by atoms with E-state index in [1.807, 2.05) is 0 Å². The van der Waals surface area contributed by atoms with E-state index < -0.39 is 41.0 Å². The molecule has 180 valence electrons. The number of esters is 1. The number of carbonyl (C=O) groups is 2. The van der Waals surface area contributed by atoms with Crippen LogP contribution < -0.4 is 4.74 Å². The van der Waals surface area contributed by atoms with Gasteiger partial charge in [0.05, 0.1) is 13.3 Å². The van der Waals surface area contributed by atoms with Gasteiger partial charge >= 0.3 is 18.2 Å². The summed E-state index contributed by atoms with van der Waals surface area (Å²) in [4.78, 5) is 24.2. The van der Waals surface area contributed by atoms with Crippen molar-refractivity contribution in [3.63, 3.8) is 0 Å². The molecule has 0 aliphatic heterocycles. The van der Waals surface area contributed by atoms with Crippen LogP contribution in [0.2, 0.25) is 0 Å². The van der Waals surface area contributed by atoms with Crippen LogP contribution in [-0.2, 0) is 15.7 Å². The van der Waals surface area contributed by atoms with Crippen LogP contribution in [0.4, 0.5) is 18.0 Å². The second kappa shape index (κ2) is 9.12. The van der Waals surface area contributed by atoms with Gasteiger partial charge in [-0.2, -0.15) is 23.0 Å². The number of halogens is 3. The molecule has 0 aliphatic rings. The molecule has 0 fully saturated rings. The molecule has 3 aromatic rings. The summed E-state index contributed by atoms with van der Waals surface area (Å²) < 4.78 is 55.4. The summed E-state index contributed by atoms with van der Waals surface area (Å²) in [5.41, 5.74) is -0.680. The lowest BCUT2D eigenvalue weighted by Crippen LogP contribution is -2.27. The fourth-order valence-corrected chi connectivity index (χ4v) is 2.78. The summed E-state index contributed by atoms with van der Waals surface area (Å²) >= 11 is 0. The number of methoxy groups -OCH3 is 1. The van der Waals surface area contributed by atoms with Gasteiger partial charge in [0.1, 0.15) is 16.9 Å². The minimum absolute atomic E-state index is 0.225. The second-order valence-corrected chi connectivity index (χ2v) is 8.17. The van der Waals surface area contributed by atoms with E-state index in [-0.39, 0.29) is 5.75 Å². The highest BCUT2D eigenvalue weighted by Crippen LogP contribution is 2.33. The van der Waals surface area contributed by atoms with E-state index >= 15 is 0 Å². The van der Waals surface area contributed by atoms with Crippen LogP contribution >= 0.6 is 0 Å². The number of carbonyl (C=O) groups excluding carboxylic acids is 2. The third-order valence-electron chi connectivity index (χ3n) is 4.33. The van der Waals surface area contributed by atoms with E-state index in [0.29, 0.717) is 22.8 Å². The maximum absolute atomic E-state index is 13.0. The number of ether oxygens (including phenoxy) is 3. The SMILES string of the molecule is COC(=O)c1cc(C(F)(F)F)nnc1Oc1ccc(-c2cnn(C(=O)OC(C)(C)C)c2)cc1C. The van der Waals surface area contributed by atoms with Crippen LogP contribution in [0.15, 0.2) is 36.7 Å². The van der Waals surface area contributed by atoms with E-state index in [4.69, 9.17) is 9.47 Å². The molecule has 0 N–H and O–H groups in total. The largest absolute Gasteiger partial charge is 0.465 e. The predicted molar refractivity (Wildman–Crippen MR) is 112 cm³/mol. The topological polar surface area (TPSA) is 105 Å². The van der Waals surface area contributed by atoms with Gasteiger partial charge in [-0.3, -0.25) is 0 Å². The maximum Gasteiger partial charge on any atom is 0.435 e. The lowest BCUT2D eigenvalue weighted by Gasteiger charge is -2.18. The van der Waals surface area contributed by atoms with Crippen molar-refractivity contribution in [3.8, 4) is 22.8 Å². The van der Waals surface area contributed by atoms with Crippen molar-refractivity contribution in [3.05, 3.63) is 53.5 Å². The zero-order chi connectivity index (χ0) is 25.3. The Bertz CT molecular complexity index is 1230. The molecule has 0 radical (unpaired) electrons. The molecular weight excluding hydrogens is 457 g/mol. The van der Waals surface area contributed by atoms with Crippen molar-refractivity contribution in [2.45, 2.75) is 39.5 Å². The minimum atomic E-state index is -4.80. The van der Waals surface area contributed by atoms with Crippen molar-refractivity contribution >= 4 is 12.1 Å². The van der Waals surface area contributed by atoms with E-state index in [1.54, 1.807) is 39.8 Å². The molecule has 2 heterocycles. The van der Waals surface area contributed by atoms with Crippen LogP contribution in [0.1, 0.15) is 42.4 Å². The molecule has 2 aromatic heterocycles. The first-order valence-corrected chi connectivity index (χ1v) is 9.88. The number of alkyl halides is 3. The number of nitrogens with zero attached hydrogens (tertiary/aromatic N) is 4. The van der Waals surface area contributed by atoms with Gasteiger partial charge in [0.2, 0.25) is 0 Å². The van der Waals surface area contributed by atoms with Crippen molar-refractivity contribution in [2.24, 2.45) is 0 Å². The Kier molecular flexibility index (Phi) is 6.62. The van der Waals surface area contributed by atoms with Crippen LogP contribution in [0.3, 0.4) is 0 Å². The van der Waals surface area contributed by atoms with Gasteiger partial charge in [-0.1, -0.05) is 6.07 Å². The fourth-order valence-electron chi connectivity index (χ4n) is 2.78. The van der Waals surface area contributed by atoms with Crippen molar-refractivity contribution in [1.82, 2.24) is 20.0 Å². The first kappa shape index (κ1) is 24.7. The lowest BCUT2D eigenvalue weighted by atomic mass is 10.1. The van der Waals surface area contributed by atoms with Gasteiger partial charge in [-0.15, -0.1) is 10.2 Å². The van der Waals surface area contributed by atoms with E-state index in [2.05, 4.69) is 20.0 Å². The standard InChI is InChI=1S/C22H21F3N4O5/c1-12-8-13(14-10-26-29(11-14)20(31)34-21(2,3)4)6-7-16(12)33-18-15(19(30)32-5)9-17(27-28-18)22(23,24)25/h6-11H,1-5H3. The van der Waals surface area contributed by atoms with Crippen molar-refractivity contribution < 1.29 is 37.0 Å². The number of benzene rings is 1. The highest BCUT2D eigenvalue weighted by atomic mass is 19.4. The molecule has 0 unspecified atom stereocenters. The van der Waals surface area contributed by atoms with E-state index in [1.165, 1.54) is 18.5 Å². The summed E-state index contributed by atoms with van der Waals surface area (Å²) in [7, 11) is 1.03. The third kappa shape index (κ3) is 5.69. The number of hydrogen-bond donors (Lipinski definition) is 0. The van der Waals surface area contributed by atoms with Gasteiger partial charge in [-0.05, 0) is 57.0 Å². The Hall–Kier alpha value is -3.96. The van der Waals surface area contributed by atoms with Gasteiger partial charge < -0.3 is 14.2 Å². The molecule has 3 rings (SSSR count). The average Bonchev–Trinajstić information content (AvgIpc) is 3.23. The van der Waals surface area contributed by atoms with Gasteiger partial charge in [0.15, 0.2) is 5.69 Å². The van der Waals surface area contributed by atoms with Crippen LogP contribution in [0.5, 0.6) is 11.6 Å². The Labute approximate surface area is 192 Å². The molecule has 0 bridgehead atoms. The van der Waals surface area contributed by atoms with Crippen LogP contribution in [0.25, 0.3) is 11.1 Å². The highest BCUT2D eigenvalue weighted by molar-refractivity contribution is 5.92. The zero-order valence-corrected chi connectivity index (χ0v) is 18.9. The molecule has 9 nitrogen and oxygen atoms in total. The summed E-state index contributed by atoms with van der Waals surface area (Å²) in [5, 5.41) is 10.5.